The van der Waals surface area contributed by atoms with Crippen LogP contribution in [0.3, 0.4) is 0 Å². The van der Waals surface area contributed by atoms with E-state index in [0.29, 0.717) is 48.3 Å². The molecule has 0 fully saturated rings. The molecule has 0 aliphatic carbocycles. The Labute approximate surface area is 152 Å². The number of rotatable bonds is 9. The number of amides is 1. The van der Waals surface area contributed by atoms with Crippen LogP contribution in [-0.2, 0) is 14.3 Å². The second-order valence-corrected chi connectivity index (χ2v) is 6.23. The van der Waals surface area contributed by atoms with E-state index in [1.807, 2.05) is 6.92 Å². The van der Waals surface area contributed by atoms with E-state index < -0.39 is 0 Å². The molecule has 24 heavy (non-hydrogen) atoms. The number of benzene rings is 1. The summed E-state index contributed by atoms with van der Waals surface area (Å²) in [6.07, 6.45) is 0.897. The lowest BCUT2D eigenvalue weighted by atomic mass is 10.1. The average Bonchev–Trinajstić information content (AvgIpc) is 2.56. The van der Waals surface area contributed by atoms with Crippen molar-refractivity contribution >= 4 is 35.1 Å². The van der Waals surface area contributed by atoms with E-state index in [4.69, 9.17) is 27.9 Å². The van der Waals surface area contributed by atoms with Crippen molar-refractivity contribution in [2.24, 2.45) is 5.92 Å². The summed E-state index contributed by atoms with van der Waals surface area (Å²) in [6, 6.07) is 5.00. The van der Waals surface area contributed by atoms with E-state index in [9.17, 15) is 9.59 Å². The fourth-order valence-electron chi connectivity index (χ4n) is 2.17. The SMILES string of the molecule is CCN(CC(C)C(=O)OC)C(=O)CCCOc1ccc(Cl)cc1Cl. The van der Waals surface area contributed by atoms with Crippen LogP contribution in [0, 0.1) is 5.92 Å². The smallest absolute Gasteiger partial charge is 0.310 e. The van der Waals surface area contributed by atoms with Crippen molar-refractivity contribution in [3.8, 4) is 5.75 Å². The minimum atomic E-state index is -0.344. The third-order valence-corrected chi connectivity index (χ3v) is 4.05. The average molecular weight is 376 g/mol. The van der Waals surface area contributed by atoms with Crippen LogP contribution in [0.5, 0.6) is 5.75 Å². The van der Waals surface area contributed by atoms with Gasteiger partial charge in [0.25, 0.3) is 0 Å². The lowest BCUT2D eigenvalue weighted by molar-refractivity contribution is -0.146. The molecule has 1 unspecified atom stereocenters. The van der Waals surface area contributed by atoms with E-state index >= 15 is 0 Å². The Morgan fingerprint density at radius 1 is 1.29 bits per heavy atom. The van der Waals surface area contributed by atoms with Crippen molar-refractivity contribution in [3.05, 3.63) is 28.2 Å². The molecule has 1 aromatic carbocycles. The molecule has 1 atom stereocenters. The van der Waals surface area contributed by atoms with Gasteiger partial charge in [0.2, 0.25) is 5.91 Å². The Kier molecular flexibility index (Phi) is 8.93. The first-order valence-electron chi connectivity index (χ1n) is 7.82. The third-order valence-electron chi connectivity index (χ3n) is 3.52. The Bertz CT molecular complexity index is 566. The van der Waals surface area contributed by atoms with Crippen molar-refractivity contribution in [1.29, 1.82) is 0 Å². The van der Waals surface area contributed by atoms with E-state index in [2.05, 4.69) is 4.74 Å². The molecule has 0 heterocycles. The highest BCUT2D eigenvalue weighted by Crippen LogP contribution is 2.27. The maximum Gasteiger partial charge on any atom is 0.310 e. The molecule has 0 aromatic heterocycles. The monoisotopic (exact) mass is 375 g/mol. The highest BCUT2D eigenvalue weighted by molar-refractivity contribution is 6.35. The maximum atomic E-state index is 12.2. The third kappa shape index (κ3) is 6.57. The number of carbonyl (C=O) groups excluding carboxylic acids is 2. The summed E-state index contributed by atoms with van der Waals surface area (Å²) in [6.45, 7) is 4.90. The first kappa shape index (κ1) is 20.6. The predicted octanol–water partition coefficient (Wildman–Crippen LogP) is 3.81. The van der Waals surface area contributed by atoms with Gasteiger partial charge in [-0.05, 0) is 31.5 Å². The molecular formula is C17H23Cl2NO4. The second kappa shape index (κ2) is 10.4. The van der Waals surface area contributed by atoms with E-state index in [0.717, 1.165) is 0 Å². The lowest BCUT2D eigenvalue weighted by Crippen LogP contribution is -2.37. The maximum absolute atomic E-state index is 12.2. The van der Waals surface area contributed by atoms with Gasteiger partial charge in [0, 0.05) is 24.5 Å². The van der Waals surface area contributed by atoms with Gasteiger partial charge < -0.3 is 14.4 Å². The van der Waals surface area contributed by atoms with Crippen molar-refractivity contribution in [2.75, 3.05) is 26.8 Å². The first-order valence-corrected chi connectivity index (χ1v) is 8.58. The predicted molar refractivity (Wildman–Crippen MR) is 94.6 cm³/mol. The molecule has 5 nitrogen and oxygen atoms in total. The molecule has 0 N–H and O–H groups in total. The van der Waals surface area contributed by atoms with Crippen molar-refractivity contribution in [1.82, 2.24) is 4.90 Å². The molecule has 0 saturated carbocycles. The molecule has 0 bridgehead atoms. The zero-order chi connectivity index (χ0) is 18.1. The minimum absolute atomic E-state index is 0.0148. The number of hydrogen-bond acceptors (Lipinski definition) is 4. The Morgan fingerprint density at radius 2 is 2.00 bits per heavy atom. The quantitative estimate of drug-likeness (QED) is 0.486. The highest BCUT2D eigenvalue weighted by atomic mass is 35.5. The number of carbonyl (C=O) groups is 2. The van der Waals surface area contributed by atoms with E-state index in [1.165, 1.54) is 7.11 Å². The fraction of sp³-hybridized carbons (Fsp3) is 0.529. The molecule has 134 valence electrons. The van der Waals surface area contributed by atoms with Crippen LogP contribution in [0.4, 0.5) is 0 Å². The van der Waals surface area contributed by atoms with Gasteiger partial charge in [0.05, 0.1) is 24.7 Å². The van der Waals surface area contributed by atoms with Crippen LogP contribution in [-0.4, -0.2) is 43.6 Å². The summed E-state index contributed by atoms with van der Waals surface area (Å²) in [5.74, 6) is -0.135. The van der Waals surface area contributed by atoms with Gasteiger partial charge in [-0.25, -0.2) is 0 Å². The van der Waals surface area contributed by atoms with Crippen LogP contribution < -0.4 is 4.74 Å². The summed E-state index contributed by atoms with van der Waals surface area (Å²) in [4.78, 5) is 25.3. The van der Waals surface area contributed by atoms with Crippen LogP contribution in [0.15, 0.2) is 18.2 Å². The largest absolute Gasteiger partial charge is 0.492 e. The van der Waals surface area contributed by atoms with E-state index in [-0.39, 0.29) is 17.8 Å². The Hall–Kier alpha value is -1.46. The Morgan fingerprint density at radius 3 is 2.58 bits per heavy atom. The van der Waals surface area contributed by atoms with E-state index in [1.54, 1.807) is 30.0 Å². The zero-order valence-corrected chi connectivity index (χ0v) is 15.7. The van der Waals surface area contributed by atoms with Crippen LogP contribution >= 0.6 is 23.2 Å². The number of nitrogens with zero attached hydrogens (tertiary/aromatic N) is 1. The summed E-state index contributed by atoms with van der Waals surface area (Å²) < 4.78 is 10.2. The summed E-state index contributed by atoms with van der Waals surface area (Å²) in [5, 5.41) is 0.983. The van der Waals surface area contributed by atoms with Gasteiger partial charge >= 0.3 is 5.97 Å². The number of hydrogen-bond donors (Lipinski definition) is 0. The molecule has 0 saturated heterocycles. The molecule has 0 aliphatic heterocycles. The summed E-state index contributed by atoms with van der Waals surface area (Å²) in [5.41, 5.74) is 0. The normalized spacial score (nSPS) is 11.7. The minimum Gasteiger partial charge on any atom is -0.492 e. The van der Waals surface area contributed by atoms with Gasteiger partial charge in [0.1, 0.15) is 5.75 Å². The molecule has 0 radical (unpaired) electrons. The molecule has 7 heteroatoms. The molecular weight excluding hydrogens is 353 g/mol. The van der Waals surface area contributed by atoms with Crippen molar-refractivity contribution in [3.63, 3.8) is 0 Å². The molecule has 1 aromatic rings. The Balaban J connectivity index is 2.39. The second-order valence-electron chi connectivity index (χ2n) is 5.38. The van der Waals surface area contributed by atoms with Gasteiger partial charge in [-0.1, -0.05) is 30.1 Å². The number of halogens is 2. The van der Waals surface area contributed by atoms with Crippen LogP contribution in [0.1, 0.15) is 26.7 Å². The van der Waals surface area contributed by atoms with Gasteiger partial charge in [-0.15, -0.1) is 0 Å². The molecule has 0 aliphatic rings. The lowest BCUT2D eigenvalue weighted by Gasteiger charge is -2.23. The first-order chi connectivity index (χ1) is 11.4. The molecule has 1 amide bonds. The zero-order valence-electron chi connectivity index (χ0n) is 14.2. The topological polar surface area (TPSA) is 55.8 Å². The van der Waals surface area contributed by atoms with Crippen molar-refractivity contribution in [2.45, 2.75) is 26.7 Å². The molecule has 0 spiro atoms. The van der Waals surface area contributed by atoms with Gasteiger partial charge in [-0.2, -0.15) is 0 Å². The summed E-state index contributed by atoms with van der Waals surface area (Å²) >= 11 is 11.8. The number of ether oxygens (including phenoxy) is 2. The van der Waals surface area contributed by atoms with Crippen LogP contribution in [0.2, 0.25) is 10.0 Å². The molecule has 1 rings (SSSR count). The summed E-state index contributed by atoms with van der Waals surface area (Å²) in [7, 11) is 1.34. The van der Waals surface area contributed by atoms with Crippen LogP contribution in [0.25, 0.3) is 0 Å². The standard InChI is InChI=1S/C17H23Cl2NO4/c1-4-20(11-12(2)17(22)23-3)16(21)6-5-9-24-15-8-7-13(18)10-14(15)19/h7-8,10,12H,4-6,9,11H2,1-3H3. The van der Waals surface area contributed by atoms with Gasteiger partial charge in [0.15, 0.2) is 0 Å². The number of esters is 1. The fourth-order valence-corrected chi connectivity index (χ4v) is 2.63. The number of methoxy groups -OCH3 is 1. The highest BCUT2D eigenvalue weighted by Gasteiger charge is 2.20. The van der Waals surface area contributed by atoms with Crippen molar-refractivity contribution < 1.29 is 19.1 Å². The van der Waals surface area contributed by atoms with Gasteiger partial charge in [-0.3, -0.25) is 9.59 Å².